The van der Waals surface area contributed by atoms with Gasteiger partial charge in [0.2, 0.25) is 0 Å². The number of hydrogen-bond acceptors (Lipinski definition) is 6. The summed E-state index contributed by atoms with van der Waals surface area (Å²) in [7, 11) is 1.17. The number of nitrogens with zero attached hydrogens (tertiary/aromatic N) is 1. The Hall–Kier alpha value is -2.41. The summed E-state index contributed by atoms with van der Waals surface area (Å²) in [5, 5.41) is 10.8. The van der Waals surface area contributed by atoms with Gasteiger partial charge >= 0.3 is 12.1 Å². The number of carbonyl (C=O) groups excluding carboxylic acids is 3. The van der Waals surface area contributed by atoms with Gasteiger partial charge in [0.25, 0.3) is 0 Å². The Morgan fingerprint density at radius 2 is 1.93 bits per heavy atom. The molecule has 3 atom stereocenters. The molecular weight excluding hydrogens is 350 g/mol. The molecular formula is C20H27NO6. The average Bonchev–Trinajstić information content (AvgIpc) is 3.05. The Kier molecular flexibility index (Phi) is 6.59. The van der Waals surface area contributed by atoms with Crippen LogP contribution in [-0.2, 0) is 19.1 Å². The van der Waals surface area contributed by atoms with E-state index in [0.29, 0.717) is 5.56 Å². The molecule has 148 valence electrons. The van der Waals surface area contributed by atoms with Crippen molar-refractivity contribution in [3.8, 4) is 0 Å². The number of ketones is 1. The van der Waals surface area contributed by atoms with Crippen molar-refractivity contribution in [1.82, 2.24) is 4.90 Å². The molecule has 1 aliphatic heterocycles. The van der Waals surface area contributed by atoms with Gasteiger partial charge in [0.15, 0.2) is 11.4 Å². The number of hydrogen-bond donors (Lipinski definition) is 1. The first-order chi connectivity index (χ1) is 12.7. The van der Waals surface area contributed by atoms with E-state index in [1.165, 1.54) is 18.9 Å². The predicted octanol–water partition coefficient (Wildman–Crippen LogP) is 2.34. The molecule has 0 aliphatic carbocycles. The van der Waals surface area contributed by atoms with Gasteiger partial charge in [0.1, 0.15) is 12.6 Å². The number of rotatable bonds is 8. The molecule has 7 heteroatoms. The zero-order valence-electron chi connectivity index (χ0n) is 16.2. The molecule has 0 bridgehead atoms. The minimum atomic E-state index is -2.01. The van der Waals surface area contributed by atoms with Crippen LogP contribution in [0.25, 0.3) is 0 Å². The fourth-order valence-corrected chi connectivity index (χ4v) is 3.41. The van der Waals surface area contributed by atoms with Gasteiger partial charge in [0, 0.05) is 0 Å². The number of carbonyl (C=O) groups is 3. The number of Topliss-reactive ketones (excluding diaryl/α,β-unsaturated/α-hetero) is 1. The topological polar surface area (TPSA) is 93.1 Å². The van der Waals surface area contributed by atoms with Crippen LogP contribution in [0.1, 0.15) is 38.8 Å². The molecule has 1 fully saturated rings. The van der Waals surface area contributed by atoms with Crippen molar-refractivity contribution in [1.29, 1.82) is 0 Å². The van der Waals surface area contributed by atoms with Crippen molar-refractivity contribution in [2.75, 3.05) is 20.3 Å². The highest BCUT2D eigenvalue weighted by Crippen LogP contribution is 2.35. The molecule has 0 radical (unpaired) electrons. The predicted molar refractivity (Wildman–Crippen MR) is 97.8 cm³/mol. The Labute approximate surface area is 159 Å². The molecule has 1 aliphatic rings. The third-order valence-electron chi connectivity index (χ3n) is 4.82. The highest BCUT2D eigenvalue weighted by molar-refractivity contribution is 5.95. The molecule has 27 heavy (non-hydrogen) atoms. The van der Waals surface area contributed by atoms with E-state index in [0.717, 1.165) is 0 Å². The van der Waals surface area contributed by atoms with E-state index in [9.17, 15) is 19.5 Å². The van der Waals surface area contributed by atoms with Gasteiger partial charge in [-0.25, -0.2) is 9.59 Å². The maximum Gasteiger partial charge on any atom is 0.410 e. The molecule has 0 saturated carbocycles. The maximum atomic E-state index is 13.6. The van der Waals surface area contributed by atoms with Crippen LogP contribution >= 0.6 is 0 Å². The summed E-state index contributed by atoms with van der Waals surface area (Å²) in [5.41, 5.74) is -1.40. The number of aliphatic hydroxyl groups is 1. The molecule has 1 saturated heterocycles. The Bertz CT molecular complexity index is 685. The average molecular weight is 377 g/mol. The van der Waals surface area contributed by atoms with Crippen molar-refractivity contribution in [2.45, 2.75) is 38.8 Å². The third kappa shape index (κ3) is 4.47. The van der Waals surface area contributed by atoms with Gasteiger partial charge in [-0.15, -0.1) is 0 Å². The fourth-order valence-electron chi connectivity index (χ4n) is 3.41. The minimum Gasteiger partial charge on any atom is -0.467 e. The van der Waals surface area contributed by atoms with Gasteiger partial charge in [-0.1, -0.05) is 44.2 Å². The number of amides is 1. The van der Waals surface area contributed by atoms with Gasteiger partial charge < -0.3 is 14.6 Å². The van der Waals surface area contributed by atoms with Crippen LogP contribution in [-0.4, -0.2) is 53.7 Å². The summed E-state index contributed by atoms with van der Waals surface area (Å²) < 4.78 is 9.73. The molecule has 0 aromatic heterocycles. The smallest absolute Gasteiger partial charge is 0.410 e. The summed E-state index contributed by atoms with van der Waals surface area (Å²) in [5.74, 6) is -2.29. The van der Waals surface area contributed by atoms with Crippen LogP contribution in [0, 0.1) is 11.8 Å². The number of methoxy groups -OCH3 is 1. The van der Waals surface area contributed by atoms with Crippen molar-refractivity contribution in [2.24, 2.45) is 11.8 Å². The lowest BCUT2D eigenvalue weighted by Gasteiger charge is -2.35. The first-order valence-electron chi connectivity index (χ1n) is 9.03. The van der Waals surface area contributed by atoms with E-state index in [4.69, 9.17) is 9.47 Å². The van der Waals surface area contributed by atoms with E-state index in [2.05, 4.69) is 0 Å². The van der Waals surface area contributed by atoms with Crippen molar-refractivity contribution in [3.63, 3.8) is 0 Å². The normalized spacial score (nSPS) is 18.6. The first kappa shape index (κ1) is 20.9. The Balaban J connectivity index is 2.49. The highest BCUT2D eigenvalue weighted by Gasteiger charge is 2.49. The number of cyclic esters (lactones) is 1. The van der Waals surface area contributed by atoms with Crippen LogP contribution in [0.15, 0.2) is 30.3 Å². The zero-order chi connectivity index (χ0) is 20.2. The number of benzene rings is 1. The Morgan fingerprint density at radius 3 is 2.41 bits per heavy atom. The zero-order valence-corrected chi connectivity index (χ0v) is 16.2. The van der Waals surface area contributed by atoms with Crippen molar-refractivity contribution < 1.29 is 29.0 Å². The second-order valence-corrected chi connectivity index (χ2v) is 7.34. The summed E-state index contributed by atoms with van der Waals surface area (Å²) in [6.07, 6.45) is -0.314. The second kappa shape index (κ2) is 8.52. The summed E-state index contributed by atoms with van der Waals surface area (Å²) in [6.45, 7) is 5.54. The molecule has 1 N–H and O–H groups in total. The number of esters is 1. The van der Waals surface area contributed by atoms with Gasteiger partial charge in [0.05, 0.1) is 19.6 Å². The molecule has 1 heterocycles. The third-order valence-corrected chi connectivity index (χ3v) is 4.82. The second-order valence-electron chi connectivity index (χ2n) is 7.34. The van der Waals surface area contributed by atoms with Gasteiger partial charge in [-0.2, -0.15) is 0 Å². The minimum absolute atomic E-state index is 0.0389. The van der Waals surface area contributed by atoms with Crippen LogP contribution < -0.4 is 0 Å². The quantitative estimate of drug-likeness (QED) is 0.699. The summed E-state index contributed by atoms with van der Waals surface area (Å²) in [4.78, 5) is 39.3. The molecule has 1 aromatic carbocycles. The fraction of sp³-hybridized carbons (Fsp3) is 0.550. The van der Waals surface area contributed by atoms with E-state index in [1.54, 1.807) is 24.3 Å². The van der Waals surface area contributed by atoms with Crippen molar-refractivity contribution >= 4 is 17.8 Å². The lowest BCUT2D eigenvalue weighted by molar-refractivity contribution is -0.171. The summed E-state index contributed by atoms with van der Waals surface area (Å²) in [6, 6.07) is 7.89. The molecule has 1 aromatic rings. The first-order valence-corrected chi connectivity index (χ1v) is 9.03. The summed E-state index contributed by atoms with van der Waals surface area (Å²) >= 11 is 0. The van der Waals surface area contributed by atoms with E-state index >= 15 is 0 Å². The Morgan fingerprint density at radius 1 is 1.30 bits per heavy atom. The van der Waals surface area contributed by atoms with Gasteiger partial charge in [-0.05, 0) is 24.8 Å². The van der Waals surface area contributed by atoms with Crippen molar-refractivity contribution in [3.05, 3.63) is 35.9 Å². The molecule has 2 rings (SSSR count). The van der Waals surface area contributed by atoms with E-state index < -0.39 is 35.4 Å². The molecule has 7 nitrogen and oxygen atoms in total. The highest BCUT2D eigenvalue weighted by atomic mass is 16.6. The van der Waals surface area contributed by atoms with Crippen LogP contribution in [0.2, 0.25) is 0 Å². The number of ether oxygens (including phenoxy) is 2. The van der Waals surface area contributed by atoms with Crippen LogP contribution in [0.5, 0.6) is 0 Å². The lowest BCUT2D eigenvalue weighted by atomic mass is 9.76. The standard InChI is InChI=1S/C20H27NO6/c1-13(2)12-15(20(3,25)18(23)26-4)17(22)16(14-8-6-5-7-9-14)21-10-11-27-19(21)24/h5-9,13,15-16,25H,10-12H2,1-4H3. The SMILES string of the molecule is COC(=O)C(C)(O)C(CC(C)C)C(=O)C(c1ccccc1)N1CCOC1=O. The maximum absolute atomic E-state index is 13.6. The molecule has 3 unspecified atom stereocenters. The lowest BCUT2D eigenvalue weighted by Crippen LogP contribution is -2.51. The van der Waals surface area contributed by atoms with Gasteiger partial charge in [-0.3, -0.25) is 9.69 Å². The molecule has 1 amide bonds. The molecule has 0 spiro atoms. The van der Waals surface area contributed by atoms with E-state index in [1.807, 2.05) is 19.9 Å². The van der Waals surface area contributed by atoms with E-state index in [-0.39, 0.29) is 25.5 Å². The monoisotopic (exact) mass is 377 g/mol. The van der Waals surface area contributed by atoms with Crippen LogP contribution in [0.3, 0.4) is 0 Å². The van der Waals surface area contributed by atoms with Crippen LogP contribution in [0.4, 0.5) is 4.79 Å². The largest absolute Gasteiger partial charge is 0.467 e.